The van der Waals surface area contributed by atoms with E-state index in [0.29, 0.717) is 13.2 Å². The van der Waals surface area contributed by atoms with Crippen LogP contribution in [0.3, 0.4) is 0 Å². The molecule has 1 aliphatic rings. The summed E-state index contributed by atoms with van der Waals surface area (Å²) in [6.07, 6.45) is 0.519. The summed E-state index contributed by atoms with van der Waals surface area (Å²) in [6, 6.07) is 8.11. The van der Waals surface area contributed by atoms with Crippen LogP contribution in [0.15, 0.2) is 24.3 Å². The number of rotatable bonds is 4. The Hall–Kier alpha value is -1.88. The fourth-order valence-electron chi connectivity index (χ4n) is 2.09. The molecule has 0 bridgehead atoms. The number of fused-ring (bicyclic) bond motifs is 1. The molecule has 1 aromatic carbocycles. The van der Waals surface area contributed by atoms with Crippen molar-refractivity contribution < 1.29 is 9.53 Å². The van der Waals surface area contributed by atoms with E-state index < -0.39 is 0 Å². The number of amides is 1. The van der Waals surface area contributed by atoms with Gasteiger partial charge in [0.2, 0.25) is 0 Å². The van der Waals surface area contributed by atoms with Crippen molar-refractivity contribution in [2.24, 2.45) is 7.05 Å². The van der Waals surface area contributed by atoms with E-state index in [9.17, 15) is 4.79 Å². The third-order valence-corrected chi connectivity index (χ3v) is 3.12. The highest BCUT2D eigenvalue weighted by molar-refractivity contribution is 5.83. The van der Waals surface area contributed by atoms with Crippen molar-refractivity contribution in [2.45, 2.75) is 12.5 Å². The van der Waals surface area contributed by atoms with Crippen LogP contribution in [0.2, 0.25) is 0 Å². The second kappa shape index (κ2) is 4.42. The monoisotopic (exact) mass is 245 g/mol. The minimum atomic E-state index is -0.217. The van der Waals surface area contributed by atoms with Crippen LogP contribution in [-0.4, -0.2) is 34.9 Å². The second-order valence-electron chi connectivity index (χ2n) is 4.45. The standard InChI is InChI=1S/C13H15N3O2/c1-16-11-5-3-2-4-9(11)10(15-16)6-7-14-13(17)12-8-18-12/h2-5,12H,6-8H2,1H3,(H,14,17). The highest BCUT2D eigenvalue weighted by Crippen LogP contribution is 2.17. The van der Waals surface area contributed by atoms with Crippen LogP contribution in [0.4, 0.5) is 0 Å². The van der Waals surface area contributed by atoms with Crippen LogP contribution >= 0.6 is 0 Å². The molecule has 2 heterocycles. The summed E-state index contributed by atoms with van der Waals surface area (Å²) >= 11 is 0. The van der Waals surface area contributed by atoms with Gasteiger partial charge in [-0.25, -0.2) is 0 Å². The van der Waals surface area contributed by atoms with E-state index in [0.717, 1.165) is 23.0 Å². The number of epoxide rings is 1. The molecular formula is C13H15N3O2. The van der Waals surface area contributed by atoms with E-state index in [1.807, 2.05) is 29.9 Å². The zero-order chi connectivity index (χ0) is 12.5. The highest BCUT2D eigenvalue weighted by atomic mass is 16.6. The van der Waals surface area contributed by atoms with Gasteiger partial charge in [-0.1, -0.05) is 18.2 Å². The normalized spacial score (nSPS) is 17.9. The molecule has 1 atom stereocenters. The maximum atomic E-state index is 11.4. The SMILES string of the molecule is Cn1nc(CCNC(=O)C2CO2)c2ccccc21. The lowest BCUT2D eigenvalue weighted by Gasteiger charge is -2.01. The van der Waals surface area contributed by atoms with Gasteiger partial charge in [-0.2, -0.15) is 5.10 Å². The average molecular weight is 245 g/mol. The number of nitrogens with one attached hydrogen (secondary N) is 1. The minimum absolute atomic E-state index is 0.0183. The van der Waals surface area contributed by atoms with Crippen LogP contribution in [0.5, 0.6) is 0 Å². The largest absolute Gasteiger partial charge is 0.363 e. The molecule has 1 unspecified atom stereocenters. The molecule has 5 nitrogen and oxygen atoms in total. The van der Waals surface area contributed by atoms with Gasteiger partial charge in [-0.3, -0.25) is 9.48 Å². The average Bonchev–Trinajstić information content (AvgIpc) is 3.17. The molecular weight excluding hydrogens is 230 g/mol. The lowest BCUT2D eigenvalue weighted by Crippen LogP contribution is -2.29. The minimum Gasteiger partial charge on any atom is -0.363 e. The van der Waals surface area contributed by atoms with Gasteiger partial charge in [-0.05, 0) is 6.07 Å². The summed E-state index contributed by atoms with van der Waals surface area (Å²) in [4.78, 5) is 11.4. The number of nitrogens with zero attached hydrogens (tertiary/aromatic N) is 2. The smallest absolute Gasteiger partial charge is 0.251 e. The number of carbonyl (C=O) groups is 1. The molecule has 1 aliphatic heterocycles. The molecule has 1 fully saturated rings. The fraction of sp³-hybridized carbons (Fsp3) is 0.385. The third-order valence-electron chi connectivity index (χ3n) is 3.12. The van der Waals surface area contributed by atoms with Gasteiger partial charge in [-0.15, -0.1) is 0 Å². The van der Waals surface area contributed by atoms with Crippen molar-refractivity contribution in [1.29, 1.82) is 0 Å². The number of para-hydroxylation sites is 1. The maximum absolute atomic E-state index is 11.4. The number of benzene rings is 1. The molecule has 1 aromatic heterocycles. The molecule has 3 rings (SSSR count). The van der Waals surface area contributed by atoms with E-state index in [-0.39, 0.29) is 12.0 Å². The molecule has 2 aromatic rings. The second-order valence-corrected chi connectivity index (χ2v) is 4.45. The first-order valence-corrected chi connectivity index (χ1v) is 6.05. The van der Waals surface area contributed by atoms with Gasteiger partial charge in [0.05, 0.1) is 17.8 Å². The van der Waals surface area contributed by atoms with E-state index >= 15 is 0 Å². The maximum Gasteiger partial charge on any atom is 0.251 e. The lowest BCUT2D eigenvalue weighted by atomic mass is 10.1. The first-order chi connectivity index (χ1) is 8.75. The predicted molar refractivity (Wildman–Crippen MR) is 67.2 cm³/mol. The molecule has 94 valence electrons. The summed E-state index contributed by atoms with van der Waals surface area (Å²) in [5.41, 5.74) is 2.13. The number of hydrogen-bond acceptors (Lipinski definition) is 3. The fourth-order valence-corrected chi connectivity index (χ4v) is 2.09. The highest BCUT2D eigenvalue weighted by Gasteiger charge is 2.30. The number of aryl methyl sites for hydroxylation is 1. The van der Waals surface area contributed by atoms with Gasteiger partial charge >= 0.3 is 0 Å². The van der Waals surface area contributed by atoms with Gasteiger partial charge in [0.1, 0.15) is 0 Å². The summed E-state index contributed by atoms with van der Waals surface area (Å²) in [5, 5.41) is 8.48. The molecule has 0 saturated carbocycles. The Kier molecular flexibility index (Phi) is 2.76. The van der Waals surface area contributed by atoms with Crippen LogP contribution in [0.25, 0.3) is 10.9 Å². The zero-order valence-electron chi connectivity index (χ0n) is 10.2. The van der Waals surface area contributed by atoms with Crippen molar-refractivity contribution in [3.8, 4) is 0 Å². The molecule has 0 spiro atoms. The van der Waals surface area contributed by atoms with E-state index in [1.54, 1.807) is 0 Å². The quantitative estimate of drug-likeness (QED) is 0.804. The number of aromatic nitrogens is 2. The zero-order valence-corrected chi connectivity index (χ0v) is 10.2. The third kappa shape index (κ3) is 2.09. The van der Waals surface area contributed by atoms with E-state index in [2.05, 4.69) is 16.5 Å². The van der Waals surface area contributed by atoms with Crippen molar-refractivity contribution in [1.82, 2.24) is 15.1 Å². The van der Waals surface area contributed by atoms with Gasteiger partial charge in [0.25, 0.3) is 5.91 Å². The summed E-state index contributed by atoms with van der Waals surface area (Å²) in [5.74, 6) is -0.0183. The summed E-state index contributed by atoms with van der Waals surface area (Å²) < 4.78 is 6.79. The predicted octanol–water partition coefficient (Wildman–Crippen LogP) is 0.631. The number of hydrogen-bond donors (Lipinski definition) is 1. The van der Waals surface area contributed by atoms with Gasteiger partial charge < -0.3 is 10.1 Å². The van der Waals surface area contributed by atoms with E-state index in [4.69, 9.17) is 4.74 Å². The Labute approximate surface area is 105 Å². The Morgan fingerprint density at radius 2 is 2.33 bits per heavy atom. The summed E-state index contributed by atoms with van der Waals surface area (Å²) in [7, 11) is 1.93. The Morgan fingerprint density at radius 1 is 1.56 bits per heavy atom. The first-order valence-electron chi connectivity index (χ1n) is 6.05. The lowest BCUT2D eigenvalue weighted by molar-refractivity contribution is -0.122. The number of ether oxygens (including phenoxy) is 1. The molecule has 1 amide bonds. The van der Waals surface area contributed by atoms with Crippen LogP contribution in [0, 0.1) is 0 Å². The van der Waals surface area contributed by atoms with Crippen LogP contribution in [-0.2, 0) is 23.0 Å². The number of carbonyl (C=O) groups excluding carboxylic acids is 1. The molecule has 0 aliphatic carbocycles. The molecule has 0 radical (unpaired) electrons. The van der Waals surface area contributed by atoms with Gasteiger partial charge in [0, 0.05) is 25.4 Å². The Balaban J connectivity index is 1.68. The Morgan fingerprint density at radius 3 is 3.11 bits per heavy atom. The molecule has 18 heavy (non-hydrogen) atoms. The van der Waals surface area contributed by atoms with Crippen molar-refractivity contribution in [3.05, 3.63) is 30.0 Å². The van der Waals surface area contributed by atoms with E-state index in [1.165, 1.54) is 0 Å². The molecule has 5 heteroatoms. The Bertz CT molecular complexity index is 587. The van der Waals surface area contributed by atoms with Gasteiger partial charge in [0.15, 0.2) is 6.10 Å². The first kappa shape index (κ1) is 11.2. The van der Waals surface area contributed by atoms with Crippen molar-refractivity contribution in [2.75, 3.05) is 13.2 Å². The van der Waals surface area contributed by atoms with Crippen LogP contribution < -0.4 is 5.32 Å². The van der Waals surface area contributed by atoms with Crippen molar-refractivity contribution in [3.63, 3.8) is 0 Å². The molecule has 1 saturated heterocycles. The molecule has 1 N–H and O–H groups in total. The van der Waals surface area contributed by atoms with Crippen LogP contribution in [0.1, 0.15) is 5.69 Å². The van der Waals surface area contributed by atoms with Crippen molar-refractivity contribution >= 4 is 16.8 Å². The topological polar surface area (TPSA) is 59.5 Å². The summed E-state index contributed by atoms with van der Waals surface area (Å²) in [6.45, 7) is 1.15.